The van der Waals surface area contributed by atoms with Gasteiger partial charge in [-0.1, -0.05) is 41.4 Å². The van der Waals surface area contributed by atoms with Gasteiger partial charge in [0.2, 0.25) is 5.91 Å². The molecular formula is C18H27BrClIN4O. The van der Waals surface area contributed by atoms with E-state index in [1.807, 2.05) is 36.9 Å². The third-order valence-electron chi connectivity index (χ3n) is 4.25. The number of carbonyl (C=O) groups excluding carboxylic acids is 1. The Bertz CT molecular complexity index is 642. The number of aliphatic imine (C=N–C) groups is 1. The lowest BCUT2D eigenvalue weighted by Crippen LogP contribution is -2.45. The SMILES string of the molecule is CN=C(NCCc1cc(Cl)ccc1Br)NC1CCN(C(=O)C(C)C)C1.I. The Balaban J connectivity index is 0.00000338. The molecule has 146 valence electrons. The number of carbonyl (C=O) groups is 1. The minimum absolute atomic E-state index is 0. The number of halogens is 3. The molecule has 1 aromatic carbocycles. The van der Waals surface area contributed by atoms with Crippen LogP contribution in [0, 0.1) is 5.92 Å². The van der Waals surface area contributed by atoms with Crippen molar-refractivity contribution in [3.63, 3.8) is 0 Å². The predicted molar refractivity (Wildman–Crippen MR) is 123 cm³/mol. The van der Waals surface area contributed by atoms with Crippen LogP contribution in [0.5, 0.6) is 0 Å². The molecular weight excluding hydrogens is 530 g/mol. The first-order valence-corrected chi connectivity index (χ1v) is 9.77. The van der Waals surface area contributed by atoms with Gasteiger partial charge in [-0.05, 0) is 36.6 Å². The summed E-state index contributed by atoms with van der Waals surface area (Å²) in [5, 5.41) is 7.48. The van der Waals surface area contributed by atoms with E-state index < -0.39 is 0 Å². The molecule has 1 aromatic rings. The second-order valence-electron chi connectivity index (χ2n) is 6.55. The van der Waals surface area contributed by atoms with Gasteiger partial charge in [0.25, 0.3) is 0 Å². The molecule has 1 fully saturated rings. The molecule has 1 amide bonds. The third-order valence-corrected chi connectivity index (χ3v) is 5.26. The Morgan fingerprint density at radius 2 is 2.19 bits per heavy atom. The van der Waals surface area contributed by atoms with Crippen molar-refractivity contribution in [1.82, 2.24) is 15.5 Å². The molecule has 8 heteroatoms. The average Bonchev–Trinajstić information content (AvgIpc) is 3.04. The fraction of sp³-hybridized carbons (Fsp3) is 0.556. The van der Waals surface area contributed by atoms with E-state index >= 15 is 0 Å². The van der Waals surface area contributed by atoms with Gasteiger partial charge in [0.1, 0.15) is 0 Å². The second kappa shape index (κ2) is 11.3. The van der Waals surface area contributed by atoms with Gasteiger partial charge in [-0.3, -0.25) is 9.79 Å². The molecule has 1 aliphatic rings. The summed E-state index contributed by atoms with van der Waals surface area (Å²) in [5.74, 6) is 1.03. The first-order chi connectivity index (χ1) is 11.9. The Morgan fingerprint density at radius 1 is 1.46 bits per heavy atom. The van der Waals surface area contributed by atoms with Gasteiger partial charge in [-0.2, -0.15) is 0 Å². The predicted octanol–water partition coefficient (Wildman–Crippen LogP) is 3.68. The molecule has 0 saturated carbocycles. The zero-order valence-electron chi connectivity index (χ0n) is 15.4. The number of guanidine groups is 1. The van der Waals surface area contributed by atoms with Gasteiger partial charge >= 0.3 is 0 Å². The summed E-state index contributed by atoms with van der Waals surface area (Å²) < 4.78 is 1.06. The molecule has 1 heterocycles. The van der Waals surface area contributed by atoms with Crippen LogP contribution in [0.4, 0.5) is 0 Å². The van der Waals surface area contributed by atoms with Crippen LogP contribution < -0.4 is 10.6 Å². The number of benzene rings is 1. The third kappa shape index (κ3) is 6.88. The van der Waals surface area contributed by atoms with Crippen LogP contribution in [0.3, 0.4) is 0 Å². The zero-order chi connectivity index (χ0) is 18.4. The molecule has 0 bridgehead atoms. The number of rotatable bonds is 5. The van der Waals surface area contributed by atoms with Crippen molar-refractivity contribution in [3.8, 4) is 0 Å². The van der Waals surface area contributed by atoms with E-state index in [-0.39, 0.29) is 41.8 Å². The minimum atomic E-state index is 0. The summed E-state index contributed by atoms with van der Waals surface area (Å²) in [4.78, 5) is 18.3. The van der Waals surface area contributed by atoms with Crippen LogP contribution in [0.25, 0.3) is 0 Å². The van der Waals surface area contributed by atoms with Gasteiger partial charge in [-0.25, -0.2) is 0 Å². The average molecular weight is 558 g/mol. The van der Waals surface area contributed by atoms with Gasteiger partial charge in [0, 0.05) is 48.1 Å². The molecule has 1 atom stereocenters. The fourth-order valence-electron chi connectivity index (χ4n) is 2.88. The van der Waals surface area contributed by atoms with Crippen LogP contribution in [0.2, 0.25) is 5.02 Å². The molecule has 26 heavy (non-hydrogen) atoms. The Hall–Kier alpha value is -0.540. The van der Waals surface area contributed by atoms with E-state index in [2.05, 4.69) is 31.6 Å². The first kappa shape index (κ1) is 23.5. The Labute approximate surface area is 186 Å². The standard InChI is InChI=1S/C18H26BrClN4O.HI/c1-12(2)17(25)24-9-7-15(11-24)23-18(21-3)22-8-6-13-10-14(20)4-5-16(13)19;/h4-5,10,12,15H,6-9,11H2,1-3H3,(H2,21,22,23);1H. The summed E-state index contributed by atoms with van der Waals surface area (Å²) in [7, 11) is 1.76. The topological polar surface area (TPSA) is 56.7 Å². The molecule has 1 aliphatic heterocycles. The van der Waals surface area contributed by atoms with Gasteiger partial charge in [0.05, 0.1) is 0 Å². The highest BCUT2D eigenvalue weighted by Gasteiger charge is 2.27. The molecule has 1 saturated heterocycles. The maximum atomic E-state index is 12.1. The van der Waals surface area contributed by atoms with Gasteiger partial charge < -0.3 is 15.5 Å². The molecule has 2 N–H and O–H groups in total. The van der Waals surface area contributed by atoms with Crippen LogP contribution >= 0.6 is 51.5 Å². The quantitative estimate of drug-likeness (QED) is 0.330. The summed E-state index contributed by atoms with van der Waals surface area (Å²) in [6, 6.07) is 6.04. The van der Waals surface area contributed by atoms with Crippen molar-refractivity contribution < 1.29 is 4.79 Å². The maximum absolute atomic E-state index is 12.1. The Kier molecular flexibility index (Phi) is 10.2. The zero-order valence-corrected chi connectivity index (χ0v) is 20.1. The van der Waals surface area contributed by atoms with Crippen molar-refractivity contribution in [3.05, 3.63) is 33.3 Å². The molecule has 1 unspecified atom stereocenters. The number of nitrogens with one attached hydrogen (secondary N) is 2. The summed E-state index contributed by atoms with van der Waals surface area (Å²) in [5.41, 5.74) is 1.16. The molecule has 0 spiro atoms. The normalized spacial score (nSPS) is 17.2. The summed E-state index contributed by atoms with van der Waals surface area (Å²) in [6.45, 7) is 6.17. The van der Waals surface area contributed by atoms with Crippen molar-refractivity contribution in [2.45, 2.75) is 32.7 Å². The molecule has 0 radical (unpaired) electrons. The molecule has 2 rings (SSSR count). The van der Waals surface area contributed by atoms with Crippen molar-refractivity contribution in [2.75, 3.05) is 26.7 Å². The van der Waals surface area contributed by atoms with Crippen LogP contribution in [0.15, 0.2) is 27.7 Å². The highest BCUT2D eigenvalue weighted by Crippen LogP contribution is 2.21. The lowest BCUT2D eigenvalue weighted by molar-refractivity contribution is -0.133. The summed E-state index contributed by atoms with van der Waals surface area (Å²) >= 11 is 9.60. The van der Waals surface area contributed by atoms with E-state index in [9.17, 15) is 4.79 Å². The van der Waals surface area contributed by atoms with E-state index in [1.165, 1.54) is 0 Å². The maximum Gasteiger partial charge on any atom is 0.225 e. The smallest absolute Gasteiger partial charge is 0.225 e. The summed E-state index contributed by atoms with van der Waals surface area (Å²) in [6.07, 6.45) is 1.78. The lowest BCUT2D eigenvalue weighted by Gasteiger charge is -2.20. The Morgan fingerprint density at radius 3 is 2.85 bits per heavy atom. The second-order valence-corrected chi connectivity index (χ2v) is 7.84. The number of hydrogen-bond donors (Lipinski definition) is 2. The number of amides is 1. The van der Waals surface area contributed by atoms with E-state index in [1.54, 1.807) is 7.05 Å². The van der Waals surface area contributed by atoms with Gasteiger partial charge in [0.15, 0.2) is 5.96 Å². The highest BCUT2D eigenvalue weighted by molar-refractivity contribution is 14.0. The number of nitrogens with zero attached hydrogens (tertiary/aromatic N) is 2. The monoisotopic (exact) mass is 556 g/mol. The largest absolute Gasteiger partial charge is 0.356 e. The van der Waals surface area contributed by atoms with E-state index in [4.69, 9.17) is 11.6 Å². The number of hydrogen-bond acceptors (Lipinski definition) is 2. The molecule has 0 aromatic heterocycles. The van der Waals surface area contributed by atoms with Crippen LogP contribution in [0.1, 0.15) is 25.8 Å². The number of likely N-dealkylation sites (tertiary alicyclic amines) is 1. The fourth-order valence-corrected chi connectivity index (χ4v) is 3.52. The van der Waals surface area contributed by atoms with Crippen molar-refractivity contribution in [2.24, 2.45) is 10.9 Å². The van der Waals surface area contributed by atoms with Crippen molar-refractivity contribution >= 4 is 63.4 Å². The first-order valence-electron chi connectivity index (χ1n) is 8.60. The van der Waals surface area contributed by atoms with Crippen LogP contribution in [-0.4, -0.2) is 49.5 Å². The highest BCUT2D eigenvalue weighted by atomic mass is 127. The van der Waals surface area contributed by atoms with Gasteiger partial charge in [-0.15, -0.1) is 24.0 Å². The van der Waals surface area contributed by atoms with Crippen LogP contribution in [-0.2, 0) is 11.2 Å². The minimum Gasteiger partial charge on any atom is -0.356 e. The van der Waals surface area contributed by atoms with E-state index in [0.717, 1.165) is 53.5 Å². The lowest BCUT2D eigenvalue weighted by atomic mass is 10.1. The van der Waals surface area contributed by atoms with E-state index in [0.29, 0.717) is 0 Å². The molecule has 0 aliphatic carbocycles. The van der Waals surface area contributed by atoms with Crippen molar-refractivity contribution in [1.29, 1.82) is 0 Å². The molecule has 5 nitrogen and oxygen atoms in total.